The number of nitrogens with zero attached hydrogens (tertiary/aromatic N) is 4. The Labute approximate surface area is 339 Å². The zero-order valence-electron chi connectivity index (χ0n) is 33.4. The Kier molecular flexibility index (Phi) is 17.0. The fraction of sp³-hybridized carbons (Fsp3) is 0.429. The monoisotopic (exact) mass is 800 g/mol. The first kappa shape index (κ1) is 44.3. The second-order valence-corrected chi connectivity index (χ2v) is 15.9. The summed E-state index contributed by atoms with van der Waals surface area (Å²) in [5, 5.41) is 38.0. The van der Waals surface area contributed by atoms with Gasteiger partial charge in [0, 0.05) is 31.9 Å². The SMILES string of the molecule is CC(C)C(NC(=O)N(C)Cc1ccccn1)C(=O)N[C@@H](Cc1ccccc1)[C@H](O)[C@@H](O)[C@H](Cc1ccccc1)NC(=O)C(NC(=O)N(C)Cc1nccs1)C(C)C. The Morgan fingerprint density at radius 2 is 1.07 bits per heavy atom. The predicted octanol–water partition coefficient (Wildman–Crippen LogP) is 3.75. The summed E-state index contributed by atoms with van der Waals surface area (Å²) < 4.78 is 0. The van der Waals surface area contributed by atoms with Crippen molar-refractivity contribution < 1.29 is 29.4 Å². The van der Waals surface area contributed by atoms with Crippen LogP contribution < -0.4 is 21.3 Å². The first-order valence-corrected chi connectivity index (χ1v) is 20.0. The normalized spacial score (nSPS) is 14.4. The fourth-order valence-electron chi connectivity index (χ4n) is 6.24. The van der Waals surface area contributed by atoms with Crippen LogP contribution in [0.3, 0.4) is 0 Å². The van der Waals surface area contributed by atoms with Gasteiger partial charge in [-0.2, -0.15) is 0 Å². The number of rotatable bonds is 19. The molecule has 0 radical (unpaired) electrons. The van der Waals surface area contributed by atoms with Crippen LogP contribution in [0.15, 0.2) is 96.6 Å². The van der Waals surface area contributed by atoms with Crippen molar-refractivity contribution in [3.8, 4) is 0 Å². The summed E-state index contributed by atoms with van der Waals surface area (Å²) in [5.41, 5.74) is 2.24. The number of hydrogen-bond acceptors (Lipinski definition) is 9. The molecule has 0 spiro atoms. The van der Waals surface area contributed by atoms with Gasteiger partial charge in [-0.05, 0) is 47.9 Å². The van der Waals surface area contributed by atoms with Gasteiger partial charge in [0.15, 0.2) is 0 Å². The molecule has 14 nitrogen and oxygen atoms in total. The Hall–Kier alpha value is -5.38. The summed E-state index contributed by atoms with van der Waals surface area (Å²) in [6.45, 7) is 7.68. The van der Waals surface area contributed by atoms with Gasteiger partial charge in [-0.25, -0.2) is 14.6 Å². The highest BCUT2D eigenvalue weighted by atomic mass is 32.1. The third kappa shape index (κ3) is 13.7. The molecule has 0 fully saturated rings. The van der Waals surface area contributed by atoms with E-state index in [-0.39, 0.29) is 37.8 Å². The fourth-order valence-corrected chi connectivity index (χ4v) is 6.91. The minimum Gasteiger partial charge on any atom is -0.388 e. The third-order valence-electron chi connectivity index (χ3n) is 9.56. The molecule has 57 heavy (non-hydrogen) atoms. The molecule has 6 atom stereocenters. The summed E-state index contributed by atoms with van der Waals surface area (Å²) >= 11 is 1.42. The number of aliphatic hydroxyl groups excluding tert-OH is 2. The molecule has 0 aliphatic rings. The van der Waals surface area contributed by atoms with Gasteiger partial charge in [0.25, 0.3) is 0 Å². The van der Waals surface area contributed by atoms with Gasteiger partial charge in [0.2, 0.25) is 11.8 Å². The van der Waals surface area contributed by atoms with Crippen LogP contribution >= 0.6 is 11.3 Å². The van der Waals surface area contributed by atoms with Gasteiger partial charge in [-0.1, -0.05) is 94.4 Å². The first-order chi connectivity index (χ1) is 27.2. The summed E-state index contributed by atoms with van der Waals surface area (Å²) in [5.74, 6) is -1.78. The molecule has 0 aliphatic heterocycles. The number of aromatic nitrogens is 2. The van der Waals surface area contributed by atoms with E-state index in [4.69, 9.17) is 0 Å². The maximum absolute atomic E-state index is 14.0. The van der Waals surface area contributed by atoms with Gasteiger partial charge < -0.3 is 41.3 Å². The van der Waals surface area contributed by atoms with Gasteiger partial charge in [0.1, 0.15) is 29.3 Å². The van der Waals surface area contributed by atoms with Crippen molar-refractivity contribution in [1.29, 1.82) is 0 Å². The van der Waals surface area contributed by atoms with Gasteiger partial charge in [-0.15, -0.1) is 11.3 Å². The second-order valence-electron chi connectivity index (χ2n) is 14.9. The molecule has 2 aromatic heterocycles. The van der Waals surface area contributed by atoms with Crippen LogP contribution in [-0.2, 0) is 35.5 Å². The minimum absolute atomic E-state index is 0.130. The zero-order chi connectivity index (χ0) is 41.5. The van der Waals surface area contributed by atoms with Crippen LogP contribution in [0.2, 0.25) is 0 Å². The average molecular weight is 801 g/mol. The number of thiazole rings is 1. The Bertz CT molecular complexity index is 1830. The van der Waals surface area contributed by atoms with E-state index in [1.807, 2.05) is 72.1 Å². The molecule has 4 aromatic rings. The van der Waals surface area contributed by atoms with Crippen molar-refractivity contribution in [2.75, 3.05) is 14.1 Å². The van der Waals surface area contributed by atoms with Crippen molar-refractivity contribution >= 4 is 35.2 Å². The molecule has 6 N–H and O–H groups in total. The van der Waals surface area contributed by atoms with E-state index in [2.05, 4.69) is 31.2 Å². The molecule has 0 saturated carbocycles. The quantitative estimate of drug-likeness (QED) is 0.0827. The zero-order valence-corrected chi connectivity index (χ0v) is 34.2. The number of hydrogen-bond donors (Lipinski definition) is 6. The standard InChI is InChI=1S/C42H56N8O6S/c1-27(2)35(47-41(55)49(5)25-31-19-13-14-20-43-31)39(53)45-32(23-29-15-9-7-10-16-29)37(51)38(52)33(24-30-17-11-8-12-18-30)46-40(54)36(28(3)4)48-42(56)50(6)26-34-44-21-22-57-34/h7-22,27-28,32-33,35-38,51-52H,23-26H2,1-6H3,(H,45,53)(H,46,54)(H,47,55)(H,48,56)/t32-,33-,35?,36?,37-,38-/m0/s1. The number of aliphatic hydroxyl groups is 2. The number of nitrogens with one attached hydrogen (secondary N) is 4. The van der Waals surface area contributed by atoms with Crippen LogP contribution in [0.4, 0.5) is 9.59 Å². The van der Waals surface area contributed by atoms with Crippen molar-refractivity contribution in [2.45, 2.75) is 90.0 Å². The second kappa shape index (κ2) is 21.8. The maximum Gasteiger partial charge on any atom is 0.318 e. The molecule has 0 saturated heterocycles. The lowest BCUT2D eigenvalue weighted by Gasteiger charge is -2.35. The molecule has 6 amide bonds. The van der Waals surface area contributed by atoms with Crippen LogP contribution in [0.5, 0.6) is 0 Å². The van der Waals surface area contributed by atoms with E-state index in [1.54, 1.807) is 66.3 Å². The molecule has 0 aliphatic carbocycles. The summed E-state index contributed by atoms with van der Waals surface area (Å²) in [4.78, 5) is 65.9. The van der Waals surface area contributed by atoms with Crippen molar-refractivity contribution in [2.24, 2.45) is 11.8 Å². The van der Waals surface area contributed by atoms with Gasteiger partial charge in [0.05, 0.1) is 30.9 Å². The highest BCUT2D eigenvalue weighted by molar-refractivity contribution is 7.09. The van der Waals surface area contributed by atoms with Gasteiger partial charge in [-0.3, -0.25) is 14.6 Å². The topological polar surface area (TPSA) is 189 Å². The highest BCUT2D eigenvalue weighted by Crippen LogP contribution is 2.17. The number of benzene rings is 2. The molecular weight excluding hydrogens is 745 g/mol. The smallest absolute Gasteiger partial charge is 0.318 e. The van der Waals surface area contributed by atoms with E-state index in [0.29, 0.717) is 5.69 Å². The maximum atomic E-state index is 14.0. The molecule has 2 heterocycles. The number of pyridine rings is 1. The van der Waals surface area contributed by atoms with Crippen LogP contribution in [-0.4, -0.2) is 104 Å². The summed E-state index contributed by atoms with van der Waals surface area (Å²) in [6, 6.07) is 18.8. The Morgan fingerprint density at radius 3 is 1.47 bits per heavy atom. The van der Waals surface area contributed by atoms with E-state index >= 15 is 0 Å². The lowest BCUT2D eigenvalue weighted by atomic mass is 9.90. The minimum atomic E-state index is -1.59. The summed E-state index contributed by atoms with van der Waals surface area (Å²) in [7, 11) is 3.22. The van der Waals surface area contributed by atoms with E-state index in [9.17, 15) is 29.4 Å². The lowest BCUT2D eigenvalue weighted by Crippen LogP contribution is -2.62. The van der Waals surface area contributed by atoms with E-state index in [0.717, 1.165) is 16.1 Å². The number of carbonyl (C=O) groups excluding carboxylic acids is 4. The Morgan fingerprint density at radius 1 is 0.614 bits per heavy atom. The largest absolute Gasteiger partial charge is 0.388 e. The molecule has 306 valence electrons. The Balaban J connectivity index is 1.56. The van der Waals surface area contributed by atoms with Crippen LogP contribution in [0.25, 0.3) is 0 Å². The molecule has 2 unspecified atom stereocenters. The highest BCUT2D eigenvalue weighted by Gasteiger charge is 2.38. The van der Waals surface area contributed by atoms with Crippen molar-refractivity contribution in [3.05, 3.63) is 118 Å². The molecule has 2 aromatic carbocycles. The molecular formula is C42H56N8O6S. The van der Waals surface area contributed by atoms with Crippen LogP contribution in [0, 0.1) is 11.8 Å². The third-order valence-corrected chi connectivity index (χ3v) is 10.3. The van der Waals surface area contributed by atoms with Crippen molar-refractivity contribution in [1.82, 2.24) is 41.0 Å². The molecule has 4 rings (SSSR count). The number of carbonyl (C=O) groups is 4. The first-order valence-electron chi connectivity index (χ1n) is 19.1. The van der Waals surface area contributed by atoms with E-state index in [1.165, 1.54) is 21.1 Å². The molecule has 15 heteroatoms. The van der Waals surface area contributed by atoms with Crippen molar-refractivity contribution in [3.63, 3.8) is 0 Å². The van der Waals surface area contributed by atoms with Gasteiger partial charge >= 0.3 is 12.1 Å². The van der Waals surface area contributed by atoms with Crippen LogP contribution in [0.1, 0.15) is 49.5 Å². The lowest BCUT2D eigenvalue weighted by molar-refractivity contribution is -0.129. The number of urea groups is 2. The summed E-state index contributed by atoms with van der Waals surface area (Å²) in [6.07, 6.45) is 0.382. The average Bonchev–Trinajstić information content (AvgIpc) is 3.71. The molecule has 0 bridgehead atoms. The predicted molar refractivity (Wildman–Crippen MR) is 220 cm³/mol. The van der Waals surface area contributed by atoms with E-state index < -0.39 is 60.3 Å². The number of amides is 6.